The van der Waals surface area contributed by atoms with Crippen LogP contribution in [0.25, 0.3) is 0 Å². The highest BCUT2D eigenvalue weighted by atomic mass is 32.2. The highest BCUT2D eigenvalue weighted by molar-refractivity contribution is 7.90. The van der Waals surface area contributed by atoms with E-state index < -0.39 is 9.84 Å². The van der Waals surface area contributed by atoms with E-state index in [0.29, 0.717) is 6.04 Å². The Bertz CT molecular complexity index is 297. The molecule has 0 aromatic heterocycles. The van der Waals surface area contributed by atoms with E-state index in [2.05, 4.69) is 17.1 Å². The van der Waals surface area contributed by atoms with E-state index in [1.54, 1.807) is 0 Å². The fourth-order valence-corrected chi connectivity index (χ4v) is 3.40. The molecule has 0 aliphatic carbocycles. The lowest BCUT2D eigenvalue weighted by Gasteiger charge is -2.24. The van der Waals surface area contributed by atoms with Gasteiger partial charge in [-0.3, -0.25) is 0 Å². The zero-order chi connectivity index (χ0) is 12.2. The molecule has 1 saturated heterocycles. The molecule has 2 atom stereocenters. The number of likely N-dealkylation sites (tertiary alicyclic amines) is 1. The Morgan fingerprint density at radius 3 is 2.25 bits per heavy atom. The number of hydrogen-bond donors (Lipinski definition) is 1. The van der Waals surface area contributed by atoms with Gasteiger partial charge >= 0.3 is 0 Å². The molecule has 5 heteroatoms. The molecule has 0 amide bonds. The van der Waals surface area contributed by atoms with Crippen LogP contribution in [0.3, 0.4) is 0 Å². The Morgan fingerprint density at radius 2 is 1.75 bits per heavy atom. The molecule has 1 aliphatic heterocycles. The van der Waals surface area contributed by atoms with E-state index in [4.69, 9.17) is 0 Å². The molecule has 0 aromatic carbocycles. The van der Waals surface area contributed by atoms with Gasteiger partial charge in [-0.15, -0.1) is 0 Å². The Hall–Kier alpha value is -0.130. The van der Waals surface area contributed by atoms with Gasteiger partial charge in [0, 0.05) is 24.9 Å². The molecule has 0 radical (unpaired) electrons. The van der Waals surface area contributed by atoms with Crippen molar-refractivity contribution in [3.05, 3.63) is 0 Å². The second kappa shape index (κ2) is 5.98. The molecule has 1 N–H and O–H groups in total. The number of hydrogen-bond acceptors (Lipinski definition) is 4. The Morgan fingerprint density at radius 1 is 1.19 bits per heavy atom. The summed E-state index contributed by atoms with van der Waals surface area (Å²) in [5, 5.41) is 3.34. The molecule has 2 unspecified atom stereocenters. The first-order valence-electron chi connectivity index (χ1n) is 6.03. The van der Waals surface area contributed by atoms with E-state index in [1.807, 2.05) is 6.92 Å². The molecule has 1 heterocycles. The second-order valence-electron chi connectivity index (χ2n) is 5.07. The molecule has 1 rings (SSSR count). The lowest BCUT2D eigenvalue weighted by molar-refractivity contribution is 0.291. The summed E-state index contributed by atoms with van der Waals surface area (Å²) in [6, 6.07) is 0.391. The molecule has 0 bridgehead atoms. The fourth-order valence-electron chi connectivity index (χ4n) is 2.39. The van der Waals surface area contributed by atoms with Crippen LogP contribution >= 0.6 is 0 Å². The van der Waals surface area contributed by atoms with Gasteiger partial charge in [0.15, 0.2) is 0 Å². The summed E-state index contributed by atoms with van der Waals surface area (Å²) >= 11 is 0. The summed E-state index contributed by atoms with van der Waals surface area (Å²) in [6.07, 6.45) is 3.88. The van der Waals surface area contributed by atoms with Crippen LogP contribution in [0.15, 0.2) is 0 Å². The number of nitrogens with one attached hydrogen (secondary N) is 1. The molecule has 1 aliphatic rings. The van der Waals surface area contributed by atoms with Crippen LogP contribution < -0.4 is 5.32 Å². The standard InChI is InChI=1S/C11H24N2O2S/c1-10(8-13-6-4-5-7-13)12-11(2)9-16(3,14)15/h10-12H,4-9H2,1-3H3. The average Bonchev–Trinajstić information content (AvgIpc) is 2.51. The molecular formula is C11H24N2O2S. The monoisotopic (exact) mass is 248 g/mol. The van der Waals surface area contributed by atoms with Crippen molar-refractivity contribution in [2.75, 3.05) is 31.6 Å². The van der Waals surface area contributed by atoms with Crippen LogP contribution in [-0.2, 0) is 9.84 Å². The lowest BCUT2D eigenvalue weighted by Crippen LogP contribution is -2.44. The number of nitrogens with zero attached hydrogens (tertiary/aromatic N) is 1. The van der Waals surface area contributed by atoms with Crippen molar-refractivity contribution in [2.24, 2.45) is 0 Å². The first kappa shape index (κ1) is 13.9. The lowest BCUT2D eigenvalue weighted by atomic mass is 10.2. The number of sulfone groups is 1. The predicted octanol–water partition coefficient (Wildman–Crippen LogP) is 0.493. The van der Waals surface area contributed by atoms with Gasteiger partial charge in [-0.05, 0) is 39.8 Å². The predicted molar refractivity (Wildman–Crippen MR) is 67.4 cm³/mol. The molecule has 4 nitrogen and oxygen atoms in total. The van der Waals surface area contributed by atoms with Gasteiger partial charge in [0.1, 0.15) is 9.84 Å². The van der Waals surface area contributed by atoms with Crippen LogP contribution in [0.1, 0.15) is 26.7 Å². The first-order valence-corrected chi connectivity index (χ1v) is 8.09. The maximum absolute atomic E-state index is 11.1. The zero-order valence-electron chi connectivity index (χ0n) is 10.6. The SMILES string of the molecule is CC(CN1CCCC1)NC(C)CS(C)(=O)=O. The summed E-state index contributed by atoms with van der Waals surface area (Å²) < 4.78 is 22.2. The van der Waals surface area contributed by atoms with Crippen molar-refractivity contribution in [2.45, 2.75) is 38.8 Å². The van der Waals surface area contributed by atoms with E-state index in [-0.39, 0.29) is 11.8 Å². The molecule has 1 fully saturated rings. The third-order valence-electron chi connectivity index (χ3n) is 2.85. The molecular weight excluding hydrogens is 224 g/mol. The molecule has 0 saturated carbocycles. The van der Waals surface area contributed by atoms with E-state index in [1.165, 1.54) is 32.2 Å². The van der Waals surface area contributed by atoms with Gasteiger partial charge < -0.3 is 10.2 Å². The van der Waals surface area contributed by atoms with Crippen LogP contribution in [0, 0.1) is 0 Å². The van der Waals surface area contributed by atoms with Crippen molar-refractivity contribution in [3.63, 3.8) is 0 Å². The van der Waals surface area contributed by atoms with Gasteiger partial charge in [0.25, 0.3) is 0 Å². The van der Waals surface area contributed by atoms with Gasteiger partial charge in [-0.2, -0.15) is 0 Å². The smallest absolute Gasteiger partial charge is 0.148 e. The normalized spacial score (nSPS) is 22.2. The zero-order valence-corrected chi connectivity index (χ0v) is 11.4. The number of rotatable bonds is 6. The van der Waals surface area contributed by atoms with Crippen LogP contribution in [-0.4, -0.2) is 57.0 Å². The average molecular weight is 248 g/mol. The molecule has 0 aromatic rings. The van der Waals surface area contributed by atoms with Crippen molar-refractivity contribution >= 4 is 9.84 Å². The van der Waals surface area contributed by atoms with Crippen molar-refractivity contribution in [1.29, 1.82) is 0 Å². The van der Waals surface area contributed by atoms with Crippen LogP contribution in [0.4, 0.5) is 0 Å². The van der Waals surface area contributed by atoms with Crippen molar-refractivity contribution < 1.29 is 8.42 Å². The second-order valence-corrected chi connectivity index (χ2v) is 7.25. The third kappa shape index (κ3) is 5.82. The summed E-state index contributed by atoms with van der Waals surface area (Å²) in [4.78, 5) is 2.44. The van der Waals surface area contributed by atoms with Crippen molar-refractivity contribution in [3.8, 4) is 0 Å². The summed E-state index contributed by atoms with van der Waals surface area (Å²) in [5.74, 6) is 0.220. The van der Waals surface area contributed by atoms with Crippen molar-refractivity contribution in [1.82, 2.24) is 10.2 Å². The van der Waals surface area contributed by atoms with Crippen LogP contribution in [0.2, 0.25) is 0 Å². The Kier molecular flexibility index (Phi) is 5.21. The quantitative estimate of drug-likeness (QED) is 0.743. The maximum atomic E-state index is 11.1. The highest BCUT2D eigenvalue weighted by Gasteiger charge is 2.17. The summed E-state index contributed by atoms with van der Waals surface area (Å²) in [6.45, 7) is 7.45. The fraction of sp³-hybridized carbons (Fsp3) is 1.00. The molecule has 0 spiro atoms. The minimum Gasteiger partial charge on any atom is -0.309 e. The molecule has 16 heavy (non-hydrogen) atoms. The first-order chi connectivity index (χ1) is 7.37. The highest BCUT2D eigenvalue weighted by Crippen LogP contribution is 2.07. The molecule has 96 valence electrons. The minimum atomic E-state index is -2.87. The van der Waals surface area contributed by atoms with Gasteiger partial charge in [-0.25, -0.2) is 8.42 Å². The van der Waals surface area contributed by atoms with Gasteiger partial charge in [-0.1, -0.05) is 0 Å². The summed E-state index contributed by atoms with van der Waals surface area (Å²) in [5.41, 5.74) is 0. The summed E-state index contributed by atoms with van der Waals surface area (Å²) in [7, 11) is -2.87. The topological polar surface area (TPSA) is 49.4 Å². The van der Waals surface area contributed by atoms with Crippen LogP contribution in [0.5, 0.6) is 0 Å². The Labute approximate surface area is 99.3 Å². The largest absolute Gasteiger partial charge is 0.309 e. The van der Waals surface area contributed by atoms with E-state index in [0.717, 1.165) is 6.54 Å². The minimum absolute atomic E-state index is 0.0348. The third-order valence-corrected chi connectivity index (χ3v) is 3.96. The Balaban J connectivity index is 2.24. The maximum Gasteiger partial charge on any atom is 0.148 e. The van der Waals surface area contributed by atoms with Gasteiger partial charge in [0.05, 0.1) is 5.75 Å². The van der Waals surface area contributed by atoms with Gasteiger partial charge in [0.2, 0.25) is 0 Å². The van der Waals surface area contributed by atoms with E-state index in [9.17, 15) is 8.42 Å². The van der Waals surface area contributed by atoms with E-state index >= 15 is 0 Å².